The van der Waals surface area contributed by atoms with Gasteiger partial charge in [0.1, 0.15) is 0 Å². The summed E-state index contributed by atoms with van der Waals surface area (Å²) in [7, 11) is 1.34. The zero-order valence-corrected chi connectivity index (χ0v) is 11.0. The first-order valence-electron chi connectivity index (χ1n) is 5.51. The van der Waals surface area contributed by atoms with Crippen molar-refractivity contribution in [2.45, 2.75) is 0 Å². The predicted octanol–water partition coefficient (Wildman–Crippen LogP) is 2.83. The molecule has 0 atom stereocenters. The third-order valence-corrected chi connectivity index (χ3v) is 3.19. The first-order valence-corrected chi connectivity index (χ1v) is 6.39. The number of ether oxygens (including phenoxy) is 1. The highest BCUT2D eigenvalue weighted by Gasteiger charge is 2.05. The fraction of sp³-hybridized carbons (Fsp3) is 0.0714. The maximum absolute atomic E-state index is 11.7. The summed E-state index contributed by atoms with van der Waals surface area (Å²) in [5.74, 6) is -0.513. The van der Waals surface area contributed by atoms with E-state index < -0.39 is 0 Å². The van der Waals surface area contributed by atoms with Crippen LogP contribution in [0.2, 0.25) is 0 Å². The summed E-state index contributed by atoms with van der Waals surface area (Å²) in [5, 5.41) is 2.22. The number of nitrogens with zero attached hydrogens (tertiary/aromatic N) is 1. The molecule has 5 heteroatoms. The molecule has 0 N–H and O–H groups in total. The quantitative estimate of drug-likeness (QED) is 0.488. The van der Waals surface area contributed by atoms with Crippen LogP contribution < -0.4 is 0 Å². The molecule has 2 aromatic rings. The largest absolute Gasteiger partial charge is 0.465 e. The Balaban J connectivity index is 2.07. The Bertz CT molecular complexity index is 600. The molecule has 0 bridgehead atoms. The molecule has 0 aliphatic heterocycles. The number of hydrogen-bond acceptors (Lipinski definition) is 5. The molecule has 96 valence electrons. The topological polar surface area (TPSA) is 56.3 Å². The van der Waals surface area contributed by atoms with E-state index in [1.54, 1.807) is 41.9 Å². The molecule has 4 nitrogen and oxygen atoms in total. The standard InChI is InChI=1S/C14H11NO3S/c1-18-14(17)11-5-2-10(3-6-11)4-7-12(16)13-15-8-9-19-13/h2-9H,1H3/b7-4+. The summed E-state index contributed by atoms with van der Waals surface area (Å²) >= 11 is 1.30. The van der Waals surface area contributed by atoms with Gasteiger partial charge < -0.3 is 4.74 Å². The van der Waals surface area contributed by atoms with Crippen molar-refractivity contribution >= 4 is 29.2 Å². The average Bonchev–Trinajstić information content (AvgIpc) is 2.98. The van der Waals surface area contributed by atoms with Crippen LogP contribution in [-0.4, -0.2) is 23.8 Å². The van der Waals surface area contributed by atoms with E-state index in [0.717, 1.165) is 5.56 Å². The van der Waals surface area contributed by atoms with Crippen LogP contribution in [-0.2, 0) is 4.74 Å². The van der Waals surface area contributed by atoms with E-state index in [1.165, 1.54) is 24.5 Å². The van der Waals surface area contributed by atoms with Crippen molar-refractivity contribution in [3.63, 3.8) is 0 Å². The van der Waals surface area contributed by atoms with E-state index in [9.17, 15) is 9.59 Å². The molecule has 0 aliphatic carbocycles. The fourth-order valence-corrected chi connectivity index (χ4v) is 1.99. The van der Waals surface area contributed by atoms with Gasteiger partial charge in [-0.15, -0.1) is 11.3 Å². The highest BCUT2D eigenvalue weighted by molar-refractivity contribution is 7.11. The summed E-state index contributed by atoms with van der Waals surface area (Å²) in [4.78, 5) is 26.9. The Morgan fingerprint density at radius 2 is 2.00 bits per heavy atom. The van der Waals surface area contributed by atoms with E-state index in [1.807, 2.05) is 0 Å². The van der Waals surface area contributed by atoms with Crippen molar-refractivity contribution in [1.82, 2.24) is 4.98 Å². The van der Waals surface area contributed by atoms with Gasteiger partial charge in [-0.3, -0.25) is 4.79 Å². The SMILES string of the molecule is COC(=O)c1ccc(/C=C/C(=O)c2nccs2)cc1. The summed E-state index contributed by atoms with van der Waals surface area (Å²) < 4.78 is 4.61. The van der Waals surface area contributed by atoms with Crippen LogP contribution in [0.5, 0.6) is 0 Å². The maximum atomic E-state index is 11.7. The number of carbonyl (C=O) groups excluding carboxylic acids is 2. The lowest BCUT2D eigenvalue weighted by molar-refractivity contribution is 0.0600. The smallest absolute Gasteiger partial charge is 0.337 e. The van der Waals surface area contributed by atoms with Crippen molar-refractivity contribution in [3.8, 4) is 0 Å². The summed E-state index contributed by atoms with van der Waals surface area (Å²) in [6.45, 7) is 0. The molecule has 0 spiro atoms. The van der Waals surface area contributed by atoms with Crippen molar-refractivity contribution in [1.29, 1.82) is 0 Å². The number of carbonyl (C=O) groups is 2. The number of aromatic nitrogens is 1. The lowest BCUT2D eigenvalue weighted by Gasteiger charge is -1.99. The van der Waals surface area contributed by atoms with Crippen LogP contribution in [0.15, 0.2) is 41.9 Å². The second kappa shape index (κ2) is 6.06. The monoisotopic (exact) mass is 273 g/mol. The van der Waals surface area contributed by atoms with Crippen molar-refractivity contribution in [2.75, 3.05) is 7.11 Å². The van der Waals surface area contributed by atoms with E-state index in [-0.39, 0.29) is 11.8 Å². The molecule has 0 radical (unpaired) electrons. The Morgan fingerprint density at radius 3 is 2.58 bits per heavy atom. The van der Waals surface area contributed by atoms with Crippen LogP contribution in [0, 0.1) is 0 Å². The van der Waals surface area contributed by atoms with E-state index in [2.05, 4.69) is 9.72 Å². The number of ketones is 1. The van der Waals surface area contributed by atoms with Crippen molar-refractivity contribution in [3.05, 3.63) is 58.1 Å². The Labute approximate surface area is 114 Å². The van der Waals surface area contributed by atoms with Gasteiger partial charge in [-0.2, -0.15) is 0 Å². The lowest BCUT2D eigenvalue weighted by Crippen LogP contribution is -2.00. The van der Waals surface area contributed by atoms with Gasteiger partial charge in [0.25, 0.3) is 0 Å². The van der Waals surface area contributed by atoms with E-state index in [4.69, 9.17) is 0 Å². The number of thiazole rings is 1. The second-order valence-corrected chi connectivity index (χ2v) is 4.54. The number of hydrogen-bond donors (Lipinski definition) is 0. The normalized spacial score (nSPS) is 10.6. The van der Waals surface area contributed by atoms with Gasteiger partial charge in [-0.25, -0.2) is 9.78 Å². The molecule has 0 amide bonds. The predicted molar refractivity (Wildman–Crippen MR) is 73.3 cm³/mol. The Morgan fingerprint density at radius 1 is 1.26 bits per heavy atom. The van der Waals surface area contributed by atoms with Gasteiger partial charge in [0.05, 0.1) is 12.7 Å². The maximum Gasteiger partial charge on any atom is 0.337 e. The molecular weight excluding hydrogens is 262 g/mol. The van der Waals surface area contributed by atoms with Gasteiger partial charge in [0, 0.05) is 11.6 Å². The second-order valence-electron chi connectivity index (χ2n) is 3.65. The molecule has 0 aliphatic rings. The van der Waals surface area contributed by atoms with Crippen molar-refractivity contribution < 1.29 is 14.3 Å². The zero-order chi connectivity index (χ0) is 13.7. The van der Waals surface area contributed by atoms with Crippen molar-refractivity contribution in [2.24, 2.45) is 0 Å². The molecule has 1 aromatic carbocycles. The third-order valence-electron chi connectivity index (χ3n) is 2.40. The summed E-state index contributed by atoms with van der Waals surface area (Å²) in [6, 6.07) is 6.80. The molecule has 1 aromatic heterocycles. The molecule has 0 saturated carbocycles. The molecule has 2 rings (SSSR count). The molecule has 0 saturated heterocycles. The molecule has 0 fully saturated rings. The van der Waals surface area contributed by atoms with Crippen LogP contribution in [0.3, 0.4) is 0 Å². The number of methoxy groups -OCH3 is 1. The number of rotatable bonds is 4. The summed E-state index contributed by atoms with van der Waals surface area (Å²) in [5.41, 5.74) is 1.31. The molecular formula is C14H11NO3S. The van der Waals surface area contributed by atoms with Gasteiger partial charge >= 0.3 is 5.97 Å². The lowest BCUT2D eigenvalue weighted by atomic mass is 10.1. The molecule has 1 heterocycles. The van der Waals surface area contributed by atoms with Gasteiger partial charge in [0.2, 0.25) is 5.78 Å². The number of benzene rings is 1. The van der Waals surface area contributed by atoms with Crippen LogP contribution >= 0.6 is 11.3 Å². The zero-order valence-electron chi connectivity index (χ0n) is 10.2. The van der Waals surface area contributed by atoms with Crippen LogP contribution in [0.25, 0.3) is 6.08 Å². The highest BCUT2D eigenvalue weighted by atomic mass is 32.1. The minimum Gasteiger partial charge on any atom is -0.465 e. The number of esters is 1. The highest BCUT2D eigenvalue weighted by Crippen LogP contribution is 2.10. The minimum absolute atomic E-state index is 0.132. The van der Waals surface area contributed by atoms with Crippen LogP contribution in [0.4, 0.5) is 0 Å². The number of allylic oxidation sites excluding steroid dienone is 1. The molecule has 19 heavy (non-hydrogen) atoms. The first kappa shape index (κ1) is 13.2. The van der Waals surface area contributed by atoms with E-state index >= 15 is 0 Å². The first-order chi connectivity index (χ1) is 9.20. The fourth-order valence-electron chi connectivity index (χ4n) is 1.44. The van der Waals surface area contributed by atoms with Gasteiger partial charge in [-0.05, 0) is 23.8 Å². The third kappa shape index (κ3) is 3.35. The van der Waals surface area contributed by atoms with Gasteiger partial charge in [-0.1, -0.05) is 18.2 Å². The van der Waals surface area contributed by atoms with Crippen LogP contribution in [0.1, 0.15) is 25.7 Å². The van der Waals surface area contributed by atoms with E-state index in [0.29, 0.717) is 10.6 Å². The Kier molecular flexibility index (Phi) is 4.20. The molecule has 0 unspecified atom stereocenters. The summed E-state index contributed by atoms with van der Waals surface area (Å²) in [6.07, 6.45) is 4.74. The average molecular weight is 273 g/mol. The Hall–Kier alpha value is -2.27. The van der Waals surface area contributed by atoms with Gasteiger partial charge in [0.15, 0.2) is 5.01 Å². The minimum atomic E-state index is -0.380.